The zero-order valence-corrected chi connectivity index (χ0v) is 10.4. The maximum atomic E-state index is 13.7. The van der Waals surface area contributed by atoms with Crippen molar-refractivity contribution in [3.8, 4) is 10.4 Å². The van der Waals surface area contributed by atoms with Gasteiger partial charge in [-0.1, -0.05) is 26.0 Å². The van der Waals surface area contributed by atoms with Gasteiger partial charge < -0.3 is 0 Å². The number of aromatic nitrogens is 1. The van der Waals surface area contributed by atoms with Crippen molar-refractivity contribution >= 4 is 11.3 Å². The van der Waals surface area contributed by atoms with Crippen LogP contribution in [0.5, 0.6) is 0 Å². The largest absolute Gasteiger partial charge is 0.249 e. The molecule has 0 saturated heterocycles. The first-order valence-corrected chi connectivity index (χ1v) is 6.12. The fourth-order valence-corrected chi connectivity index (χ4v) is 2.45. The molecule has 1 aromatic heterocycles. The van der Waals surface area contributed by atoms with Crippen LogP contribution >= 0.6 is 11.3 Å². The standard InChI is InChI=1S/C13H14FNS/c1-8(2)13-15-7-12(16-13)10-5-4-9(3)6-11(10)14/h4-8H,1-3H3. The Kier molecular flexibility index (Phi) is 3.06. The van der Waals surface area contributed by atoms with E-state index in [1.165, 1.54) is 0 Å². The van der Waals surface area contributed by atoms with E-state index in [-0.39, 0.29) is 5.82 Å². The molecular formula is C13H14FNS. The molecule has 3 heteroatoms. The Labute approximate surface area is 99.0 Å². The Morgan fingerprint density at radius 1 is 1.31 bits per heavy atom. The Morgan fingerprint density at radius 2 is 2.06 bits per heavy atom. The van der Waals surface area contributed by atoms with Gasteiger partial charge >= 0.3 is 0 Å². The molecule has 2 aromatic rings. The van der Waals surface area contributed by atoms with E-state index in [0.717, 1.165) is 15.4 Å². The van der Waals surface area contributed by atoms with Crippen molar-refractivity contribution in [1.29, 1.82) is 0 Å². The first-order chi connectivity index (χ1) is 7.58. The number of hydrogen-bond donors (Lipinski definition) is 0. The highest BCUT2D eigenvalue weighted by molar-refractivity contribution is 7.15. The van der Waals surface area contributed by atoms with Gasteiger partial charge in [-0.3, -0.25) is 0 Å². The van der Waals surface area contributed by atoms with E-state index in [9.17, 15) is 4.39 Å². The number of benzene rings is 1. The van der Waals surface area contributed by atoms with Gasteiger partial charge in [-0.05, 0) is 18.6 Å². The van der Waals surface area contributed by atoms with Crippen LogP contribution in [0.25, 0.3) is 10.4 Å². The molecule has 84 valence electrons. The zero-order chi connectivity index (χ0) is 11.7. The maximum absolute atomic E-state index is 13.7. The summed E-state index contributed by atoms with van der Waals surface area (Å²) in [5.41, 5.74) is 1.59. The van der Waals surface area contributed by atoms with Gasteiger partial charge in [0.2, 0.25) is 0 Å². The molecule has 1 heterocycles. The predicted octanol–water partition coefficient (Wildman–Crippen LogP) is 4.38. The van der Waals surface area contributed by atoms with Crippen molar-refractivity contribution in [3.63, 3.8) is 0 Å². The molecule has 0 amide bonds. The molecule has 16 heavy (non-hydrogen) atoms. The maximum Gasteiger partial charge on any atom is 0.132 e. The van der Waals surface area contributed by atoms with Gasteiger partial charge in [0, 0.05) is 17.7 Å². The van der Waals surface area contributed by atoms with Crippen molar-refractivity contribution in [3.05, 3.63) is 40.8 Å². The van der Waals surface area contributed by atoms with Gasteiger partial charge in [0.15, 0.2) is 0 Å². The van der Waals surface area contributed by atoms with Gasteiger partial charge in [0.1, 0.15) is 5.82 Å². The van der Waals surface area contributed by atoms with Crippen molar-refractivity contribution < 1.29 is 4.39 Å². The van der Waals surface area contributed by atoms with Crippen LogP contribution in [0.3, 0.4) is 0 Å². The molecule has 0 N–H and O–H groups in total. The molecule has 0 aliphatic rings. The molecular weight excluding hydrogens is 221 g/mol. The van der Waals surface area contributed by atoms with Crippen LogP contribution in [0.1, 0.15) is 30.3 Å². The molecule has 0 saturated carbocycles. The molecule has 0 spiro atoms. The number of hydrogen-bond acceptors (Lipinski definition) is 2. The summed E-state index contributed by atoms with van der Waals surface area (Å²) in [6, 6.07) is 5.31. The van der Waals surface area contributed by atoms with Crippen molar-refractivity contribution in [2.45, 2.75) is 26.7 Å². The average Bonchev–Trinajstić information content (AvgIpc) is 2.66. The molecule has 0 unspecified atom stereocenters. The molecule has 0 aliphatic carbocycles. The minimum atomic E-state index is -0.168. The highest BCUT2D eigenvalue weighted by Crippen LogP contribution is 2.31. The molecule has 0 aliphatic heterocycles. The summed E-state index contributed by atoms with van der Waals surface area (Å²) < 4.78 is 13.7. The third-order valence-electron chi connectivity index (χ3n) is 2.41. The molecule has 0 bridgehead atoms. The monoisotopic (exact) mass is 235 g/mol. The second kappa shape index (κ2) is 4.34. The van der Waals surface area contributed by atoms with Crippen molar-refractivity contribution in [2.24, 2.45) is 0 Å². The van der Waals surface area contributed by atoms with Crippen molar-refractivity contribution in [1.82, 2.24) is 4.98 Å². The number of rotatable bonds is 2. The van der Waals surface area contributed by atoms with Crippen LogP contribution in [-0.2, 0) is 0 Å². The van der Waals surface area contributed by atoms with E-state index in [1.54, 1.807) is 23.6 Å². The lowest BCUT2D eigenvalue weighted by Gasteiger charge is -2.00. The third kappa shape index (κ3) is 2.14. The summed E-state index contributed by atoms with van der Waals surface area (Å²) in [6.07, 6.45) is 1.76. The Hall–Kier alpha value is -1.22. The summed E-state index contributed by atoms with van der Waals surface area (Å²) in [5.74, 6) is 0.228. The van der Waals surface area contributed by atoms with Gasteiger partial charge in [-0.15, -0.1) is 11.3 Å². The van der Waals surface area contributed by atoms with Gasteiger partial charge in [-0.25, -0.2) is 9.37 Å². The van der Waals surface area contributed by atoms with Crippen LogP contribution in [0.2, 0.25) is 0 Å². The van der Waals surface area contributed by atoms with Crippen LogP contribution in [0.15, 0.2) is 24.4 Å². The minimum absolute atomic E-state index is 0.168. The summed E-state index contributed by atoms with van der Waals surface area (Å²) in [6.45, 7) is 6.07. The van der Waals surface area contributed by atoms with Crippen LogP contribution < -0.4 is 0 Å². The molecule has 0 fully saturated rings. The lowest BCUT2D eigenvalue weighted by atomic mass is 10.1. The van der Waals surface area contributed by atoms with E-state index in [4.69, 9.17) is 0 Å². The lowest BCUT2D eigenvalue weighted by molar-refractivity contribution is 0.630. The quantitative estimate of drug-likeness (QED) is 0.752. The first-order valence-electron chi connectivity index (χ1n) is 5.30. The SMILES string of the molecule is Cc1ccc(-c2cnc(C(C)C)s2)c(F)c1. The summed E-state index contributed by atoms with van der Waals surface area (Å²) in [5, 5.41) is 1.05. The van der Waals surface area contributed by atoms with E-state index in [2.05, 4.69) is 18.8 Å². The normalized spacial score (nSPS) is 11.1. The molecule has 1 nitrogen and oxygen atoms in total. The van der Waals surface area contributed by atoms with Gasteiger partial charge in [-0.2, -0.15) is 0 Å². The van der Waals surface area contributed by atoms with Crippen LogP contribution in [0, 0.1) is 12.7 Å². The van der Waals surface area contributed by atoms with Crippen LogP contribution in [-0.4, -0.2) is 4.98 Å². The zero-order valence-electron chi connectivity index (χ0n) is 9.62. The van der Waals surface area contributed by atoms with Crippen molar-refractivity contribution in [2.75, 3.05) is 0 Å². The van der Waals surface area contributed by atoms with Gasteiger partial charge in [0.25, 0.3) is 0 Å². The van der Waals surface area contributed by atoms with Crippen LogP contribution in [0.4, 0.5) is 4.39 Å². The molecule has 1 aromatic carbocycles. The fraction of sp³-hybridized carbons (Fsp3) is 0.308. The van der Waals surface area contributed by atoms with E-state index in [1.807, 2.05) is 19.1 Å². The third-order valence-corrected chi connectivity index (χ3v) is 3.74. The molecule has 2 rings (SSSR count). The highest BCUT2D eigenvalue weighted by atomic mass is 32.1. The van der Waals surface area contributed by atoms with Gasteiger partial charge in [0.05, 0.1) is 9.88 Å². The molecule has 0 atom stereocenters. The predicted molar refractivity (Wildman–Crippen MR) is 66.3 cm³/mol. The number of nitrogens with zero attached hydrogens (tertiary/aromatic N) is 1. The summed E-state index contributed by atoms with van der Waals surface area (Å²) >= 11 is 1.56. The second-order valence-electron chi connectivity index (χ2n) is 4.20. The first kappa shape index (κ1) is 11.3. The highest BCUT2D eigenvalue weighted by Gasteiger charge is 2.10. The lowest BCUT2D eigenvalue weighted by Crippen LogP contribution is -1.82. The second-order valence-corrected chi connectivity index (χ2v) is 5.26. The molecule has 0 radical (unpaired) electrons. The Bertz CT molecular complexity index is 502. The topological polar surface area (TPSA) is 12.9 Å². The average molecular weight is 235 g/mol. The van der Waals surface area contributed by atoms with E-state index >= 15 is 0 Å². The number of halogens is 1. The van der Waals surface area contributed by atoms with E-state index in [0.29, 0.717) is 11.5 Å². The number of thiazole rings is 1. The fourth-order valence-electron chi connectivity index (χ4n) is 1.50. The Balaban J connectivity index is 2.42. The minimum Gasteiger partial charge on any atom is -0.249 e. The Morgan fingerprint density at radius 3 is 2.62 bits per heavy atom. The summed E-state index contributed by atoms with van der Waals surface area (Å²) in [7, 11) is 0. The van der Waals surface area contributed by atoms with E-state index < -0.39 is 0 Å². The number of aryl methyl sites for hydroxylation is 1. The smallest absolute Gasteiger partial charge is 0.132 e. The summed E-state index contributed by atoms with van der Waals surface area (Å²) in [4.78, 5) is 5.21.